The van der Waals surface area contributed by atoms with Gasteiger partial charge in [-0.25, -0.2) is 4.39 Å². The highest BCUT2D eigenvalue weighted by Gasteiger charge is 2.16. The predicted octanol–water partition coefficient (Wildman–Crippen LogP) is 6.03. The Morgan fingerprint density at radius 2 is 1.67 bits per heavy atom. The number of hydrogen-bond acceptors (Lipinski definition) is 0. The molecule has 0 amide bonds. The minimum Gasteiger partial charge on any atom is -0.207 e. The van der Waals surface area contributed by atoms with Crippen LogP contribution in [0.25, 0.3) is 0 Å². The van der Waals surface area contributed by atoms with Crippen LogP contribution in [0.1, 0.15) is 16.0 Å². The zero-order valence-electron chi connectivity index (χ0n) is 9.34. The molecule has 18 heavy (non-hydrogen) atoms. The summed E-state index contributed by atoms with van der Waals surface area (Å²) in [4.78, 5) is -0.0470. The molecule has 0 aromatic heterocycles. The monoisotopic (exact) mass is 434 g/mol. The molecule has 0 saturated carbocycles. The van der Waals surface area contributed by atoms with Gasteiger partial charge < -0.3 is 0 Å². The highest BCUT2D eigenvalue weighted by atomic mass is 79.9. The quantitative estimate of drug-likeness (QED) is 0.515. The van der Waals surface area contributed by atoms with E-state index in [2.05, 4.69) is 47.8 Å². The number of hydrogen-bond donors (Lipinski definition) is 0. The molecule has 2 aromatic rings. The molecule has 0 spiro atoms. The number of rotatable bonds is 3. The summed E-state index contributed by atoms with van der Waals surface area (Å²) < 4.78 is 15.6. The minimum absolute atomic E-state index is 0.0470. The smallest absolute Gasteiger partial charge is 0.128 e. The largest absolute Gasteiger partial charge is 0.207 e. The Balaban J connectivity index is 2.22. The normalized spacial score (nSPS) is 12.4. The van der Waals surface area contributed by atoms with E-state index in [-0.39, 0.29) is 10.6 Å². The van der Waals surface area contributed by atoms with Gasteiger partial charge >= 0.3 is 0 Å². The van der Waals surface area contributed by atoms with Gasteiger partial charge in [0, 0.05) is 19.3 Å². The average molecular weight is 437 g/mol. The molecule has 0 nitrogen and oxygen atoms in total. The van der Waals surface area contributed by atoms with Gasteiger partial charge in [0.05, 0.1) is 0 Å². The van der Waals surface area contributed by atoms with Crippen molar-refractivity contribution in [2.75, 3.05) is 0 Å². The van der Waals surface area contributed by atoms with Gasteiger partial charge in [0.25, 0.3) is 0 Å². The summed E-state index contributed by atoms with van der Waals surface area (Å²) in [7, 11) is 0. The molecule has 0 N–H and O–H groups in total. The molecule has 2 rings (SSSR count). The van der Waals surface area contributed by atoms with Crippen molar-refractivity contribution in [2.24, 2.45) is 0 Å². The van der Waals surface area contributed by atoms with Crippen LogP contribution in [0, 0.1) is 5.82 Å². The van der Waals surface area contributed by atoms with Crippen LogP contribution < -0.4 is 0 Å². The summed E-state index contributed by atoms with van der Waals surface area (Å²) in [5.74, 6) is -0.191. The van der Waals surface area contributed by atoms with Gasteiger partial charge in [0.2, 0.25) is 0 Å². The van der Waals surface area contributed by atoms with E-state index in [4.69, 9.17) is 0 Å². The SMILES string of the molecule is Fc1cccc(Br)c1C(Br)Cc1ccc(Br)cc1. The minimum atomic E-state index is -0.191. The van der Waals surface area contributed by atoms with Crippen molar-refractivity contribution in [3.05, 3.63) is 68.4 Å². The molecule has 1 unspecified atom stereocenters. The second kappa shape index (κ2) is 6.31. The lowest BCUT2D eigenvalue weighted by atomic mass is 10.0. The van der Waals surface area contributed by atoms with Gasteiger partial charge in [-0.05, 0) is 36.2 Å². The molecule has 0 aliphatic heterocycles. The highest BCUT2D eigenvalue weighted by molar-refractivity contribution is 9.11. The zero-order chi connectivity index (χ0) is 13.1. The van der Waals surface area contributed by atoms with Gasteiger partial charge in [0.15, 0.2) is 0 Å². The number of halogens is 4. The maximum atomic E-state index is 13.8. The third-order valence-electron chi connectivity index (χ3n) is 2.64. The summed E-state index contributed by atoms with van der Waals surface area (Å²) >= 11 is 10.4. The first-order valence-electron chi connectivity index (χ1n) is 5.40. The number of alkyl halides is 1. The third-order valence-corrected chi connectivity index (χ3v) is 4.64. The topological polar surface area (TPSA) is 0 Å². The fourth-order valence-electron chi connectivity index (χ4n) is 1.74. The van der Waals surface area contributed by atoms with Crippen LogP contribution >= 0.6 is 47.8 Å². The molecule has 0 heterocycles. The van der Waals surface area contributed by atoms with Crippen LogP contribution in [0.5, 0.6) is 0 Å². The Hall–Kier alpha value is -0.190. The van der Waals surface area contributed by atoms with Crippen LogP contribution in [0.3, 0.4) is 0 Å². The van der Waals surface area contributed by atoms with Gasteiger partial charge in [-0.3, -0.25) is 0 Å². The molecule has 0 saturated heterocycles. The van der Waals surface area contributed by atoms with Crippen LogP contribution in [0.4, 0.5) is 4.39 Å². The summed E-state index contributed by atoms with van der Waals surface area (Å²) in [5.41, 5.74) is 1.83. The maximum Gasteiger partial charge on any atom is 0.128 e. The Morgan fingerprint density at radius 1 is 1.00 bits per heavy atom. The summed E-state index contributed by atoms with van der Waals surface area (Å²) in [6, 6.07) is 13.1. The molecule has 4 heteroatoms. The Labute approximate surface area is 131 Å². The van der Waals surface area contributed by atoms with E-state index in [1.54, 1.807) is 6.07 Å². The molecule has 0 aliphatic carbocycles. The Kier molecular flexibility index (Phi) is 4.98. The fraction of sp³-hybridized carbons (Fsp3) is 0.143. The summed E-state index contributed by atoms with van der Waals surface area (Å²) in [5, 5.41) is 0. The van der Waals surface area contributed by atoms with Gasteiger partial charge in [-0.2, -0.15) is 0 Å². The van der Waals surface area contributed by atoms with Crippen molar-refractivity contribution in [3.63, 3.8) is 0 Å². The molecule has 0 radical (unpaired) electrons. The van der Waals surface area contributed by atoms with E-state index in [9.17, 15) is 4.39 Å². The second-order valence-corrected chi connectivity index (χ2v) is 6.81. The zero-order valence-corrected chi connectivity index (χ0v) is 14.1. The van der Waals surface area contributed by atoms with E-state index in [1.807, 2.05) is 30.3 Å². The van der Waals surface area contributed by atoms with E-state index in [1.165, 1.54) is 6.07 Å². The first kappa shape index (κ1) is 14.2. The molecule has 2 aromatic carbocycles. The van der Waals surface area contributed by atoms with Crippen molar-refractivity contribution < 1.29 is 4.39 Å². The van der Waals surface area contributed by atoms with E-state index >= 15 is 0 Å². The highest BCUT2D eigenvalue weighted by Crippen LogP contribution is 2.34. The summed E-state index contributed by atoms with van der Waals surface area (Å²) in [6.07, 6.45) is 0.743. The van der Waals surface area contributed by atoms with Crippen molar-refractivity contribution in [1.82, 2.24) is 0 Å². The third kappa shape index (κ3) is 3.43. The molecule has 0 aliphatic rings. The molecular weight excluding hydrogens is 427 g/mol. The molecular formula is C14H10Br3F. The van der Waals surface area contributed by atoms with Crippen LogP contribution in [0.15, 0.2) is 51.4 Å². The lowest BCUT2D eigenvalue weighted by Gasteiger charge is -2.13. The van der Waals surface area contributed by atoms with Gasteiger partial charge in [-0.1, -0.05) is 66.0 Å². The lowest BCUT2D eigenvalue weighted by Crippen LogP contribution is -1.99. The van der Waals surface area contributed by atoms with Crippen LogP contribution in [0.2, 0.25) is 0 Å². The molecule has 94 valence electrons. The van der Waals surface area contributed by atoms with Gasteiger partial charge in [-0.15, -0.1) is 0 Å². The average Bonchev–Trinajstić information content (AvgIpc) is 2.32. The standard InChI is InChI=1S/C14H10Br3F/c15-10-6-4-9(5-7-10)8-12(17)14-11(16)2-1-3-13(14)18/h1-7,12H,8H2. The van der Waals surface area contributed by atoms with E-state index in [0.717, 1.165) is 20.9 Å². The van der Waals surface area contributed by atoms with Gasteiger partial charge in [0.1, 0.15) is 5.82 Å². The lowest BCUT2D eigenvalue weighted by molar-refractivity contribution is 0.606. The van der Waals surface area contributed by atoms with Crippen molar-refractivity contribution in [2.45, 2.75) is 11.2 Å². The van der Waals surface area contributed by atoms with Crippen molar-refractivity contribution in [1.29, 1.82) is 0 Å². The predicted molar refractivity (Wildman–Crippen MR) is 83.6 cm³/mol. The Morgan fingerprint density at radius 3 is 2.28 bits per heavy atom. The van der Waals surface area contributed by atoms with E-state index < -0.39 is 0 Å². The fourth-order valence-corrected chi connectivity index (χ4v) is 3.77. The van der Waals surface area contributed by atoms with E-state index in [0.29, 0.717) is 5.56 Å². The summed E-state index contributed by atoms with van der Waals surface area (Å²) in [6.45, 7) is 0. The molecule has 0 bridgehead atoms. The Bertz CT molecular complexity index is 517. The van der Waals surface area contributed by atoms with Crippen molar-refractivity contribution in [3.8, 4) is 0 Å². The van der Waals surface area contributed by atoms with Crippen LogP contribution in [-0.4, -0.2) is 0 Å². The first-order chi connectivity index (χ1) is 8.58. The first-order valence-corrected chi connectivity index (χ1v) is 7.90. The van der Waals surface area contributed by atoms with Crippen molar-refractivity contribution >= 4 is 47.8 Å². The second-order valence-electron chi connectivity index (χ2n) is 3.93. The molecule has 0 fully saturated rings. The van der Waals surface area contributed by atoms with Crippen LogP contribution in [-0.2, 0) is 6.42 Å². The number of benzene rings is 2. The maximum absolute atomic E-state index is 13.8. The molecule has 1 atom stereocenters.